The van der Waals surface area contributed by atoms with E-state index in [0.29, 0.717) is 23.7 Å². The number of para-hydroxylation sites is 1. The van der Waals surface area contributed by atoms with Gasteiger partial charge in [-0.3, -0.25) is 4.79 Å². The van der Waals surface area contributed by atoms with Crippen molar-refractivity contribution >= 4 is 5.91 Å². The van der Waals surface area contributed by atoms with Crippen molar-refractivity contribution in [2.75, 3.05) is 7.11 Å². The van der Waals surface area contributed by atoms with Crippen molar-refractivity contribution in [2.24, 2.45) is 5.73 Å². The predicted octanol–water partition coefficient (Wildman–Crippen LogP) is 2.99. The highest BCUT2D eigenvalue weighted by Crippen LogP contribution is 2.31. The number of nitrogens with two attached hydrogens (primary N) is 1. The van der Waals surface area contributed by atoms with E-state index in [9.17, 15) is 4.79 Å². The second kappa shape index (κ2) is 6.31. The van der Waals surface area contributed by atoms with E-state index < -0.39 is 5.91 Å². The lowest BCUT2D eigenvalue weighted by Crippen LogP contribution is -2.13. The number of hydrogen-bond acceptors (Lipinski definition) is 3. The van der Waals surface area contributed by atoms with Gasteiger partial charge in [0.1, 0.15) is 6.61 Å². The third-order valence-electron chi connectivity index (χ3n) is 3.13. The highest BCUT2D eigenvalue weighted by molar-refractivity contribution is 5.96. The van der Waals surface area contributed by atoms with Gasteiger partial charge < -0.3 is 15.2 Å². The zero-order valence-electron chi connectivity index (χ0n) is 12.5. The second-order valence-electron chi connectivity index (χ2n) is 4.99. The molecule has 21 heavy (non-hydrogen) atoms. The normalized spacial score (nSPS) is 10.2. The number of methoxy groups -OCH3 is 1. The summed E-state index contributed by atoms with van der Waals surface area (Å²) in [6, 6.07) is 11.3. The second-order valence-corrected chi connectivity index (χ2v) is 4.99. The standard InChI is InChI=1S/C17H19NO3/c1-11-7-12(2)9-13(8-11)10-21-16-14(17(18)19)5-4-6-15(16)20-3/h4-9H,10H2,1-3H3,(H2,18,19). The molecule has 4 nitrogen and oxygen atoms in total. The van der Waals surface area contributed by atoms with Crippen LogP contribution in [0.5, 0.6) is 11.5 Å². The van der Waals surface area contributed by atoms with Crippen LogP contribution >= 0.6 is 0 Å². The highest BCUT2D eigenvalue weighted by Gasteiger charge is 2.14. The molecule has 0 saturated carbocycles. The van der Waals surface area contributed by atoms with E-state index in [1.807, 2.05) is 26.0 Å². The summed E-state index contributed by atoms with van der Waals surface area (Å²) in [5, 5.41) is 0. The molecule has 1 amide bonds. The third kappa shape index (κ3) is 3.54. The Labute approximate surface area is 124 Å². The van der Waals surface area contributed by atoms with Crippen LogP contribution in [0, 0.1) is 13.8 Å². The summed E-state index contributed by atoms with van der Waals surface area (Å²) in [4.78, 5) is 11.5. The molecule has 0 atom stereocenters. The lowest BCUT2D eigenvalue weighted by Gasteiger charge is -2.14. The van der Waals surface area contributed by atoms with E-state index in [4.69, 9.17) is 15.2 Å². The molecule has 0 aliphatic rings. The lowest BCUT2D eigenvalue weighted by molar-refractivity contribution is 0.0995. The van der Waals surface area contributed by atoms with Crippen LogP contribution < -0.4 is 15.2 Å². The first-order valence-electron chi connectivity index (χ1n) is 6.68. The van der Waals surface area contributed by atoms with Crippen molar-refractivity contribution in [3.8, 4) is 11.5 Å². The molecule has 0 radical (unpaired) electrons. The molecule has 2 rings (SSSR count). The quantitative estimate of drug-likeness (QED) is 0.918. The monoisotopic (exact) mass is 285 g/mol. The van der Waals surface area contributed by atoms with E-state index in [2.05, 4.69) is 6.07 Å². The van der Waals surface area contributed by atoms with E-state index in [1.54, 1.807) is 18.2 Å². The van der Waals surface area contributed by atoms with Gasteiger partial charge in [-0.15, -0.1) is 0 Å². The largest absolute Gasteiger partial charge is 0.493 e. The average Bonchev–Trinajstić information content (AvgIpc) is 2.43. The first-order valence-corrected chi connectivity index (χ1v) is 6.68. The number of carbonyl (C=O) groups is 1. The number of hydrogen-bond donors (Lipinski definition) is 1. The number of amides is 1. The van der Waals surface area contributed by atoms with Crippen LogP contribution in [0.25, 0.3) is 0 Å². The molecule has 0 aromatic heterocycles. The van der Waals surface area contributed by atoms with Crippen LogP contribution in [-0.4, -0.2) is 13.0 Å². The fourth-order valence-corrected chi connectivity index (χ4v) is 2.33. The van der Waals surface area contributed by atoms with Crippen LogP contribution in [0.1, 0.15) is 27.0 Å². The van der Waals surface area contributed by atoms with Crippen molar-refractivity contribution in [2.45, 2.75) is 20.5 Å². The fourth-order valence-electron chi connectivity index (χ4n) is 2.33. The topological polar surface area (TPSA) is 61.5 Å². The van der Waals surface area contributed by atoms with Crippen molar-refractivity contribution in [1.82, 2.24) is 0 Å². The average molecular weight is 285 g/mol. The number of primary amides is 1. The maximum Gasteiger partial charge on any atom is 0.252 e. The zero-order chi connectivity index (χ0) is 15.4. The van der Waals surface area contributed by atoms with Crippen LogP contribution in [-0.2, 0) is 6.61 Å². The van der Waals surface area contributed by atoms with Crippen molar-refractivity contribution in [3.05, 3.63) is 58.7 Å². The first kappa shape index (κ1) is 14.9. The van der Waals surface area contributed by atoms with Crippen LogP contribution in [0.2, 0.25) is 0 Å². The van der Waals surface area contributed by atoms with Gasteiger partial charge in [0, 0.05) is 0 Å². The van der Waals surface area contributed by atoms with Gasteiger partial charge in [0.2, 0.25) is 0 Å². The molecule has 0 fully saturated rings. The zero-order valence-corrected chi connectivity index (χ0v) is 12.5. The summed E-state index contributed by atoms with van der Waals surface area (Å²) in [7, 11) is 1.53. The van der Waals surface area contributed by atoms with E-state index in [0.717, 1.165) is 5.56 Å². The Hall–Kier alpha value is -2.49. The molecular formula is C17H19NO3. The maximum absolute atomic E-state index is 11.5. The summed E-state index contributed by atoms with van der Waals surface area (Å²) < 4.78 is 11.0. The Morgan fingerprint density at radius 2 is 1.81 bits per heavy atom. The summed E-state index contributed by atoms with van der Waals surface area (Å²) in [6.45, 7) is 4.42. The highest BCUT2D eigenvalue weighted by atomic mass is 16.5. The molecule has 2 aromatic rings. The molecule has 0 aliphatic heterocycles. The van der Waals surface area contributed by atoms with E-state index in [1.165, 1.54) is 18.2 Å². The molecule has 2 aromatic carbocycles. The van der Waals surface area contributed by atoms with Gasteiger partial charge >= 0.3 is 0 Å². The van der Waals surface area contributed by atoms with Crippen LogP contribution in [0.3, 0.4) is 0 Å². The van der Waals surface area contributed by atoms with Gasteiger partial charge in [-0.05, 0) is 31.5 Å². The Bertz CT molecular complexity index is 645. The SMILES string of the molecule is COc1cccc(C(N)=O)c1OCc1cc(C)cc(C)c1. The Morgan fingerprint density at radius 1 is 1.14 bits per heavy atom. The summed E-state index contributed by atoms with van der Waals surface area (Å²) in [5.41, 5.74) is 9.08. The van der Waals surface area contributed by atoms with Gasteiger partial charge in [0.05, 0.1) is 12.7 Å². The first-order chi connectivity index (χ1) is 10.0. The Balaban J connectivity index is 2.28. The fraction of sp³-hybridized carbons (Fsp3) is 0.235. The molecular weight excluding hydrogens is 266 g/mol. The van der Waals surface area contributed by atoms with E-state index in [-0.39, 0.29) is 0 Å². The van der Waals surface area contributed by atoms with Crippen molar-refractivity contribution in [1.29, 1.82) is 0 Å². The van der Waals surface area contributed by atoms with Crippen molar-refractivity contribution in [3.63, 3.8) is 0 Å². The summed E-state index contributed by atoms with van der Waals surface area (Å²) in [6.07, 6.45) is 0. The third-order valence-corrected chi connectivity index (χ3v) is 3.13. The van der Waals surface area contributed by atoms with Gasteiger partial charge in [0.15, 0.2) is 11.5 Å². The predicted molar refractivity (Wildman–Crippen MR) is 81.8 cm³/mol. The van der Waals surface area contributed by atoms with Gasteiger partial charge in [-0.25, -0.2) is 0 Å². The molecule has 2 N–H and O–H groups in total. The lowest BCUT2D eigenvalue weighted by atomic mass is 10.1. The molecule has 0 spiro atoms. The van der Waals surface area contributed by atoms with Gasteiger partial charge in [-0.2, -0.15) is 0 Å². The summed E-state index contributed by atoms with van der Waals surface area (Å²) >= 11 is 0. The van der Waals surface area contributed by atoms with Gasteiger partial charge in [0.25, 0.3) is 5.91 Å². The number of benzene rings is 2. The number of rotatable bonds is 5. The maximum atomic E-state index is 11.5. The minimum atomic E-state index is -0.538. The minimum absolute atomic E-state index is 0.318. The van der Waals surface area contributed by atoms with Crippen molar-refractivity contribution < 1.29 is 14.3 Å². The molecule has 0 aliphatic carbocycles. The molecule has 0 bridgehead atoms. The number of carbonyl (C=O) groups excluding carboxylic acids is 1. The van der Waals surface area contributed by atoms with Crippen LogP contribution in [0.4, 0.5) is 0 Å². The number of aryl methyl sites for hydroxylation is 2. The summed E-state index contributed by atoms with van der Waals surface area (Å²) in [5.74, 6) is 0.339. The van der Waals surface area contributed by atoms with E-state index >= 15 is 0 Å². The van der Waals surface area contributed by atoms with Crippen LogP contribution in [0.15, 0.2) is 36.4 Å². The Kier molecular flexibility index (Phi) is 4.48. The molecule has 0 unspecified atom stereocenters. The van der Waals surface area contributed by atoms with Gasteiger partial charge in [-0.1, -0.05) is 35.4 Å². The number of ether oxygens (including phenoxy) is 2. The molecule has 0 saturated heterocycles. The molecule has 110 valence electrons. The molecule has 4 heteroatoms. The smallest absolute Gasteiger partial charge is 0.252 e. The minimum Gasteiger partial charge on any atom is -0.493 e. The molecule has 0 heterocycles. The Morgan fingerprint density at radius 3 is 2.38 bits per heavy atom.